The third-order valence-electron chi connectivity index (χ3n) is 5.65. The number of aryl methyl sites for hydroxylation is 1. The second kappa shape index (κ2) is 9.29. The first-order chi connectivity index (χ1) is 15.4. The van der Waals surface area contributed by atoms with Gasteiger partial charge in [-0.3, -0.25) is 14.0 Å². The molecule has 168 valence electrons. The Morgan fingerprint density at radius 2 is 1.91 bits per heavy atom. The number of nitrogens with one attached hydrogen (secondary N) is 1. The van der Waals surface area contributed by atoms with Crippen molar-refractivity contribution in [1.82, 2.24) is 24.4 Å². The summed E-state index contributed by atoms with van der Waals surface area (Å²) in [6, 6.07) is 8.20. The lowest BCUT2D eigenvalue weighted by atomic mass is 9.95. The van der Waals surface area contributed by atoms with Crippen molar-refractivity contribution in [3.8, 4) is 0 Å². The number of pyridine rings is 1. The highest BCUT2D eigenvalue weighted by atomic mass is 19.1. The molecule has 0 saturated carbocycles. The van der Waals surface area contributed by atoms with E-state index in [0.29, 0.717) is 57.2 Å². The van der Waals surface area contributed by atoms with Gasteiger partial charge in [0.15, 0.2) is 5.65 Å². The highest BCUT2D eigenvalue weighted by Gasteiger charge is 2.28. The molecule has 0 spiro atoms. The lowest BCUT2D eigenvalue weighted by Crippen LogP contribution is -2.43. The zero-order valence-corrected chi connectivity index (χ0v) is 17.3. The molecular formula is C22H23F2N5O3. The van der Waals surface area contributed by atoms with Gasteiger partial charge in [0, 0.05) is 44.4 Å². The summed E-state index contributed by atoms with van der Waals surface area (Å²) in [4.78, 5) is 38.6. The number of benzene rings is 1. The van der Waals surface area contributed by atoms with Crippen molar-refractivity contribution in [2.75, 3.05) is 19.6 Å². The Balaban J connectivity index is 1.22. The van der Waals surface area contributed by atoms with Crippen LogP contribution in [0.4, 0.5) is 8.78 Å². The molecule has 32 heavy (non-hydrogen) atoms. The number of rotatable bonds is 6. The molecule has 0 bridgehead atoms. The van der Waals surface area contributed by atoms with Crippen LogP contribution >= 0.6 is 0 Å². The summed E-state index contributed by atoms with van der Waals surface area (Å²) in [5.41, 5.74) is 0.182. The Bertz CT molecular complexity index is 1200. The Morgan fingerprint density at radius 1 is 1.12 bits per heavy atom. The number of piperidine rings is 1. The molecule has 8 nitrogen and oxygen atoms in total. The molecule has 10 heteroatoms. The zero-order valence-electron chi connectivity index (χ0n) is 17.3. The van der Waals surface area contributed by atoms with Gasteiger partial charge in [0.25, 0.3) is 5.91 Å². The van der Waals surface area contributed by atoms with Gasteiger partial charge in [-0.25, -0.2) is 18.3 Å². The van der Waals surface area contributed by atoms with Crippen LogP contribution in [0.25, 0.3) is 5.65 Å². The molecule has 1 saturated heterocycles. The molecule has 0 radical (unpaired) electrons. The smallest absolute Gasteiger partial charge is 0.350 e. The maximum Gasteiger partial charge on any atom is 0.350 e. The third-order valence-corrected chi connectivity index (χ3v) is 5.65. The molecule has 0 atom stereocenters. The summed E-state index contributed by atoms with van der Waals surface area (Å²) in [5.74, 6) is -2.47. The fourth-order valence-corrected chi connectivity index (χ4v) is 3.88. The van der Waals surface area contributed by atoms with Gasteiger partial charge in [-0.15, -0.1) is 5.10 Å². The van der Waals surface area contributed by atoms with Gasteiger partial charge in [-0.05, 0) is 43.5 Å². The van der Waals surface area contributed by atoms with E-state index in [1.54, 1.807) is 24.4 Å². The number of amides is 2. The number of hydrogen-bond acceptors (Lipinski definition) is 4. The summed E-state index contributed by atoms with van der Waals surface area (Å²) in [5, 5.41) is 7.12. The first-order valence-electron chi connectivity index (χ1n) is 10.5. The largest absolute Gasteiger partial charge is 0.356 e. The summed E-state index contributed by atoms with van der Waals surface area (Å²) in [6.07, 6.45) is 3.14. The number of aromatic nitrogens is 3. The molecular weight excluding hydrogens is 420 g/mol. The first kappa shape index (κ1) is 21.7. The molecule has 1 N–H and O–H groups in total. The minimum Gasteiger partial charge on any atom is -0.356 e. The Morgan fingerprint density at radius 3 is 2.62 bits per heavy atom. The molecule has 1 aliphatic heterocycles. The van der Waals surface area contributed by atoms with Gasteiger partial charge in [0.2, 0.25) is 5.91 Å². The highest BCUT2D eigenvalue weighted by molar-refractivity contribution is 5.94. The van der Waals surface area contributed by atoms with Crippen LogP contribution in [0.2, 0.25) is 0 Å². The number of hydrogen-bond donors (Lipinski definition) is 1. The number of nitrogens with zero attached hydrogens (tertiary/aromatic N) is 4. The van der Waals surface area contributed by atoms with E-state index in [0.717, 1.165) is 12.1 Å². The van der Waals surface area contributed by atoms with Gasteiger partial charge in [-0.1, -0.05) is 6.07 Å². The molecule has 3 heterocycles. The van der Waals surface area contributed by atoms with E-state index < -0.39 is 17.5 Å². The van der Waals surface area contributed by atoms with Crippen LogP contribution in [0.15, 0.2) is 47.4 Å². The Labute approximate surface area is 182 Å². The van der Waals surface area contributed by atoms with Gasteiger partial charge >= 0.3 is 5.69 Å². The minimum atomic E-state index is -0.889. The van der Waals surface area contributed by atoms with Gasteiger partial charge < -0.3 is 10.2 Å². The zero-order chi connectivity index (χ0) is 22.7. The number of fused-ring (bicyclic) bond motifs is 1. The van der Waals surface area contributed by atoms with Crippen molar-refractivity contribution in [2.24, 2.45) is 5.92 Å². The molecule has 2 amide bonds. The Hall–Kier alpha value is -3.56. The fraction of sp³-hybridized carbons (Fsp3) is 0.364. The van der Waals surface area contributed by atoms with E-state index in [-0.39, 0.29) is 23.1 Å². The average molecular weight is 443 g/mol. The molecule has 1 aromatic carbocycles. The van der Waals surface area contributed by atoms with Gasteiger partial charge in [-0.2, -0.15) is 0 Å². The third kappa shape index (κ3) is 4.53. The van der Waals surface area contributed by atoms with Crippen molar-refractivity contribution >= 4 is 17.5 Å². The second-order valence-electron chi connectivity index (χ2n) is 7.77. The van der Waals surface area contributed by atoms with E-state index in [1.165, 1.54) is 14.0 Å². The van der Waals surface area contributed by atoms with Crippen LogP contribution in [0.1, 0.15) is 29.6 Å². The maximum absolute atomic E-state index is 13.9. The molecule has 0 unspecified atom stereocenters. The lowest BCUT2D eigenvalue weighted by Gasteiger charge is -2.31. The number of halogens is 2. The predicted molar refractivity (Wildman–Crippen MR) is 112 cm³/mol. The van der Waals surface area contributed by atoms with E-state index in [9.17, 15) is 23.2 Å². The number of carbonyl (C=O) groups is 2. The van der Waals surface area contributed by atoms with Crippen LogP contribution < -0.4 is 11.0 Å². The Kier molecular flexibility index (Phi) is 6.29. The SMILES string of the molecule is O=C(NCCCn1nc2ccccn2c1=O)C1CCN(C(=O)c2ccc(F)cc2F)CC1. The van der Waals surface area contributed by atoms with Crippen molar-refractivity contribution in [3.05, 3.63) is 70.3 Å². The van der Waals surface area contributed by atoms with Crippen LogP contribution in [-0.4, -0.2) is 50.5 Å². The topological polar surface area (TPSA) is 88.7 Å². The van der Waals surface area contributed by atoms with Crippen LogP contribution in [0.3, 0.4) is 0 Å². The minimum absolute atomic E-state index is 0.104. The van der Waals surface area contributed by atoms with Crippen LogP contribution in [0, 0.1) is 17.6 Å². The van der Waals surface area contributed by atoms with Gasteiger partial charge in [0.05, 0.1) is 5.56 Å². The summed E-state index contributed by atoms with van der Waals surface area (Å²) in [6.45, 7) is 1.44. The molecule has 0 aliphatic carbocycles. The number of carbonyl (C=O) groups excluding carboxylic acids is 2. The highest BCUT2D eigenvalue weighted by Crippen LogP contribution is 2.20. The molecule has 2 aromatic heterocycles. The molecule has 1 fully saturated rings. The van der Waals surface area contributed by atoms with E-state index in [1.807, 2.05) is 0 Å². The summed E-state index contributed by atoms with van der Waals surface area (Å²) in [7, 11) is 0. The fourth-order valence-electron chi connectivity index (χ4n) is 3.88. The van der Waals surface area contributed by atoms with Crippen molar-refractivity contribution in [1.29, 1.82) is 0 Å². The number of likely N-dealkylation sites (tertiary alicyclic amines) is 1. The summed E-state index contributed by atoms with van der Waals surface area (Å²) < 4.78 is 29.8. The summed E-state index contributed by atoms with van der Waals surface area (Å²) >= 11 is 0. The molecule has 1 aliphatic rings. The van der Waals surface area contributed by atoms with E-state index in [2.05, 4.69) is 10.4 Å². The maximum atomic E-state index is 13.9. The molecule has 4 rings (SSSR count). The van der Waals surface area contributed by atoms with Gasteiger partial charge in [0.1, 0.15) is 11.6 Å². The van der Waals surface area contributed by atoms with Crippen molar-refractivity contribution in [3.63, 3.8) is 0 Å². The normalized spacial score (nSPS) is 14.6. The first-order valence-corrected chi connectivity index (χ1v) is 10.5. The van der Waals surface area contributed by atoms with E-state index in [4.69, 9.17) is 0 Å². The quantitative estimate of drug-likeness (QED) is 0.589. The second-order valence-corrected chi connectivity index (χ2v) is 7.77. The lowest BCUT2D eigenvalue weighted by molar-refractivity contribution is -0.126. The monoisotopic (exact) mass is 443 g/mol. The molecule has 3 aromatic rings. The van der Waals surface area contributed by atoms with Crippen molar-refractivity contribution < 1.29 is 18.4 Å². The van der Waals surface area contributed by atoms with Crippen molar-refractivity contribution in [2.45, 2.75) is 25.8 Å². The van der Waals surface area contributed by atoms with Crippen LogP contribution in [-0.2, 0) is 11.3 Å². The average Bonchev–Trinajstić information content (AvgIpc) is 3.12. The predicted octanol–water partition coefficient (Wildman–Crippen LogP) is 1.83. The van der Waals surface area contributed by atoms with E-state index >= 15 is 0 Å². The van der Waals surface area contributed by atoms with Crippen LogP contribution in [0.5, 0.6) is 0 Å². The standard InChI is InChI=1S/C22H23F2N5O3/c23-16-5-6-17(18(24)14-16)21(31)27-12-7-15(8-13-27)20(30)25-9-3-11-29-22(32)28-10-2-1-4-19(28)26-29/h1-2,4-6,10,14-15H,3,7-9,11-13H2,(H,25,30).